The maximum atomic E-state index is 9.22. The fourth-order valence-electron chi connectivity index (χ4n) is 3.06. The Balaban J connectivity index is 2.12. The number of fused-ring (bicyclic) bond motifs is 1. The number of rotatable bonds is 1. The Morgan fingerprint density at radius 3 is 2.68 bits per heavy atom. The lowest BCUT2D eigenvalue weighted by Gasteiger charge is -2.33. The average molecular weight is 250 g/mol. The van der Waals surface area contributed by atoms with Gasteiger partial charge in [0, 0.05) is 29.5 Å². The highest BCUT2D eigenvalue weighted by Gasteiger charge is 2.18. The van der Waals surface area contributed by atoms with Crippen LogP contribution in [0.25, 0.3) is 10.8 Å². The standard InChI is InChI=1S/C17H18N2/c1-13-5-4-10-19(12-13)17-9-8-14(11-18)15-6-2-3-7-16(15)17/h2-3,6-9,13H,4-5,10,12H2,1H3. The van der Waals surface area contributed by atoms with E-state index < -0.39 is 0 Å². The fraction of sp³-hybridized carbons (Fsp3) is 0.353. The molecule has 1 aliphatic heterocycles. The van der Waals surface area contributed by atoms with Crippen LogP contribution in [-0.4, -0.2) is 13.1 Å². The number of hydrogen-bond acceptors (Lipinski definition) is 2. The minimum Gasteiger partial charge on any atom is -0.371 e. The van der Waals surface area contributed by atoms with Crippen molar-refractivity contribution in [3.63, 3.8) is 0 Å². The molecule has 2 heteroatoms. The molecule has 1 fully saturated rings. The molecule has 1 atom stereocenters. The Kier molecular flexibility index (Phi) is 3.13. The first-order chi connectivity index (χ1) is 9.29. The molecule has 2 aromatic carbocycles. The molecule has 2 aromatic rings. The van der Waals surface area contributed by atoms with Gasteiger partial charge in [0.25, 0.3) is 0 Å². The van der Waals surface area contributed by atoms with Crippen molar-refractivity contribution in [3.05, 3.63) is 42.0 Å². The number of hydrogen-bond donors (Lipinski definition) is 0. The minimum absolute atomic E-state index is 0.753. The van der Waals surface area contributed by atoms with Gasteiger partial charge in [0.05, 0.1) is 11.6 Å². The lowest BCUT2D eigenvalue weighted by molar-refractivity contribution is 0.447. The van der Waals surface area contributed by atoms with Crippen LogP contribution < -0.4 is 4.90 Å². The third kappa shape index (κ3) is 2.17. The highest BCUT2D eigenvalue weighted by molar-refractivity contribution is 5.97. The van der Waals surface area contributed by atoms with Gasteiger partial charge in [0.2, 0.25) is 0 Å². The molecule has 0 saturated carbocycles. The van der Waals surface area contributed by atoms with Crippen LogP contribution in [0.4, 0.5) is 5.69 Å². The first kappa shape index (κ1) is 12.0. The van der Waals surface area contributed by atoms with Gasteiger partial charge in [0.1, 0.15) is 0 Å². The van der Waals surface area contributed by atoms with Crippen LogP contribution >= 0.6 is 0 Å². The van der Waals surface area contributed by atoms with Gasteiger partial charge in [0.15, 0.2) is 0 Å². The van der Waals surface area contributed by atoms with Crippen molar-refractivity contribution in [1.29, 1.82) is 5.26 Å². The molecule has 0 spiro atoms. The van der Waals surface area contributed by atoms with Gasteiger partial charge >= 0.3 is 0 Å². The molecule has 2 nitrogen and oxygen atoms in total. The summed E-state index contributed by atoms with van der Waals surface area (Å²) in [5, 5.41) is 11.5. The Morgan fingerprint density at radius 1 is 1.16 bits per heavy atom. The molecule has 0 bridgehead atoms. The van der Waals surface area contributed by atoms with Crippen molar-refractivity contribution < 1.29 is 0 Å². The second-order valence-corrected chi connectivity index (χ2v) is 5.48. The van der Waals surface area contributed by atoms with Crippen molar-refractivity contribution >= 4 is 16.5 Å². The van der Waals surface area contributed by atoms with Crippen molar-refractivity contribution in [2.75, 3.05) is 18.0 Å². The lowest BCUT2D eigenvalue weighted by atomic mass is 9.97. The Bertz CT molecular complexity index is 639. The summed E-state index contributed by atoms with van der Waals surface area (Å²) in [5.41, 5.74) is 2.05. The Hall–Kier alpha value is -2.01. The predicted octanol–water partition coefficient (Wildman–Crippen LogP) is 3.95. The van der Waals surface area contributed by atoms with Crippen LogP contribution in [0.2, 0.25) is 0 Å². The van der Waals surface area contributed by atoms with Crippen molar-refractivity contribution in [2.45, 2.75) is 19.8 Å². The third-order valence-corrected chi connectivity index (χ3v) is 4.02. The minimum atomic E-state index is 0.753. The number of nitrogens with zero attached hydrogens (tertiary/aromatic N) is 2. The van der Waals surface area contributed by atoms with Crippen molar-refractivity contribution in [3.8, 4) is 6.07 Å². The van der Waals surface area contributed by atoms with Crippen LogP contribution in [0.1, 0.15) is 25.3 Å². The monoisotopic (exact) mass is 250 g/mol. The van der Waals surface area contributed by atoms with Gasteiger partial charge in [-0.2, -0.15) is 5.26 Å². The largest absolute Gasteiger partial charge is 0.371 e. The molecule has 1 unspecified atom stereocenters. The highest BCUT2D eigenvalue weighted by atomic mass is 15.1. The van der Waals surface area contributed by atoms with E-state index in [9.17, 15) is 5.26 Å². The smallest absolute Gasteiger partial charge is 0.0998 e. The summed E-state index contributed by atoms with van der Waals surface area (Å²) in [7, 11) is 0. The summed E-state index contributed by atoms with van der Waals surface area (Å²) in [6.07, 6.45) is 2.58. The van der Waals surface area contributed by atoms with E-state index in [1.807, 2.05) is 18.2 Å². The van der Waals surface area contributed by atoms with Crippen molar-refractivity contribution in [1.82, 2.24) is 0 Å². The average Bonchev–Trinajstić information content (AvgIpc) is 2.46. The Morgan fingerprint density at radius 2 is 1.95 bits per heavy atom. The van der Waals surface area contributed by atoms with E-state index in [-0.39, 0.29) is 0 Å². The number of anilines is 1. The fourth-order valence-corrected chi connectivity index (χ4v) is 3.06. The van der Waals surface area contributed by atoms with Crippen LogP contribution in [0.3, 0.4) is 0 Å². The van der Waals surface area contributed by atoms with E-state index in [1.165, 1.54) is 23.9 Å². The van der Waals surface area contributed by atoms with Crippen LogP contribution in [-0.2, 0) is 0 Å². The molecule has 19 heavy (non-hydrogen) atoms. The molecular formula is C17H18N2. The first-order valence-corrected chi connectivity index (χ1v) is 6.96. The van der Waals surface area contributed by atoms with E-state index >= 15 is 0 Å². The molecule has 0 radical (unpaired) electrons. The Labute approximate surface area is 114 Å². The number of nitriles is 1. The zero-order chi connectivity index (χ0) is 13.2. The summed E-state index contributed by atoms with van der Waals surface area (Å²) in [5.74, 6) is 0.753. The van der Waals surface area contributed by atoms with E-state index in [1.54, 1.807) is 0 Å². The molecule has 96 valence electrons. The SMILES string of the molecule is CC1CCCN(c2ccc(C#N)c3ccccc23)C1. The molecule has 0 aliphatic carbocycles. The summed E-state index contributed by atoms with van der Waals surface area (Å²) >= 11 is 0. The lowest BCUT2D eigenvalue weighted by Crippen LogP contribution is -2.34. The first-order valence-electron chi connectivity index (χ1n) is 6.96. The van der Waals surface area contributed by atoms with E-state index in [4.69, 9.17) is 0 Å². The molecule has 0 amide bonds. The summed E-state index contributed by atoms with van der Waals surface area (Å²) in [4.78, 5) is 2.47. The van der Waals surface area contributed by atoms with Gasteiger partial charge < -0.3 is 4.90 Å². The van der Waals surface area contributed by atoms with E-state index in [2.05, 4.69) is 36.1 Å². The summed E-state index contributed by atoms with van der Waals surface area (Å²) in [6.45, 7) is 4.56. The summed E-state index contributed by atoms with van der Waals surface area (Å²) in [6, 6.07) is 14.6. The van der Waals surface area contributed by atoms with Gasteiger partial charge in [-0.3, -0.25) is 0 Å². The zero-order valence-corrected chi connectivity index (χ0v) is 11.3. The second-order valence-electron chi connectivity index (χ2n) is 5.48. The van der Waals surface area contributed by atoms with E-state index in [0.29, 0.717) is 0 Å². The van der Waals surface area contributed by atoms with Crippen LogP contribution in [0.15, 0.2) is 36.4 Å². The third-order valence-electron chi connectivity index (χ3n) is 4.02. The van der Waals surface area contributed by atoms with E-state index in [0.717, 1.165) is 30.0 Å². The van der Waals surface area contributed by atoms with Crippen LogP contribution in [0.5, 0.6) is 0 Å². The van der Waals surface area contributed by atoms with Gasteiger partial charge in [-0.1, -0.05) is 31.2 Å². The second kappa shape index (κ2) is 4.93. The highest BCUT2D eigenvalue weighted by Crippen LogP contribution is 2.31. The van der Waals surface area contributed by atoms with Gasteiger partial charge in [-0.15, -0.1) is 0 Å². The molecule has 0 aromatic heterocycles. The van der Waals surface area contributed by atoms with Crippen molar-refractivity contribution in [2.24, 2.45) is 5.92 Å². The topological polar surface area (TPSA) is 27.0 Å². The molecule has 0 N–H and O–H groups in total. The molecule has 1 aliphatic rings. The van der Waals surface area contributed by atoms with Gasteiger partial charge in [-0.05, 0) is 30.9 Å². The van der Waals surface area contributed by atoms with Gasteiger partial charge in [-0.25, -0.2) is 0 Å². The maximum Gasteiger partial charge on any atom is 0.0998 e. The normalized spacial score (nSPS) is 19.4. The zero-order valence-electron chi connectivity index (χ0n) is 11.3. The van der Waals surface area contributed by atoms with Crippen LogP contribution in [0, 0.1) is 17.2 Å². The molecule has 1 heterocycles. The maximum absolute atomic E-state index is 9.22. The number of piperidine rings is 1. The molecular weight excluding hydrogens is 232 g/mol. The number of benzene rings is 2. The summed E-state index contributed by atoms with van der Waals surface area (Å²) < 4.78 is 0. The quantitative estimate of drug-likeness (QED) is 0.766. The predicted molar refractivity (Wildman–Crippen MR) is 79.3 cm³/mol. The molecule has 3 rings (SSSR count). The molecule has 1 saturated heterocycles.